The Kier molecular flexibility index (Phi) is 9.85. The third kappa shape index (κ3) is 6.15. The summed E-state index contributed by atoms with van der Waals surface area (Å²) >= 11 is 6.32. The molecule has 1 amide bonds. The molecule has 10 heteroatoms. The number of hydrogen-bond donors (Lipinski definition) is 2. The summed E-state index contributed by atoms with van der Waals surface area (Å²) in [6.45, 7) is 13.1. The van der Waals surface area contributed by atoms with Gasteiger partial charge in [-0.2, -0.15) is 13.2 Å². The van der Waals surface area contributed by atoms with Crippen molar-refractivity contribution in [2.45, 2.75) is 76.9 Å². The Hall–Kier alpha value is -2.75. The first-order chi connectivity index (χ1) is 19.9. The zero-order valence-electron chi connectivity index (χ0n) is 24.8. The van der Waals surface area contributed by atoms with E-state index in [9.17, 15) is 23.1 Å². The monoisotopic (exact) mass is 607 g/mol. The molecule has 2 aliphatic heterocycles. The number of anilines is 2. The molecule has 2 N–H and O–H groups in total. The summed E-state index contributed by atoms with van der Waals surface area (Å²) in [7, 11) is 0. The van der Waals surface area contributed by atoms with Gasteiger partial charge in [0.25, 0.3) is 0 Å². The van der Waals surface area contributed by atoms with E-state index in [4.69, 9.17) is 16.3 Å². The quantitative estimate of drug-likeness (QED) is 0.281. The number of amides is 1. The summed E-state index contributed by atoms with van der Waals surface area (Å²) in [5.74, 6) is -0.0273. The maximum Gasteiger partial charge on any atom is 0.418 e. The SMILES string of the molecule is C=CN(c1c([C@H](C)CC)cc(OCCN2CCC3(CC2)C(=O)Nc2c(C)cc(Cl)cc23)cc1C(F)(F)F)C(CC)CO. The molecule has 1 spiro atoms. The number of carbonyl (C=O) groups excluding carboxylic acids is 1. The zero-order chi connectivity index (χ0) is 30.8. The molecule has 4 rings (SSSR count). The number of aryl methyl sites for hydroxylation is 1. The second kappa shape index (κ2) is 12.9. The van der Waals surface area contributed by atoms with E-state index in [1.807, 2.05) is 39.8 Å². The topological polar surface area (TPSA) is 65.0 Å². The number of rotatable bonds is 11. The second-order valence-corrected chi connectivity index (χ2v) is 11.9. The highest BCUT2D eigenvalue weighted by molar-refractivity contribution is 6.31. The van der Waals surface area contributed by atoms with Gasteiger partial charge in [-0.3, -0.25) is 9.69 Å². The van der Waals surface area contributed by atoms with Crippen LogP contribution in [0.25, 0.3) is 0 Å². The molecule has 0 aliphatic carbocycles. The van der Waals surface area contributed by atoms with Gasteiger partial charge in [0.1, 0.15) is 12.4 Å². The lowest BCUT2D eigenvalue weighted by molar-refractivity contribution is -0.137. The molecule has 6 nitrogen and oxygen atoms in total. The minimum absolute atomic E-state index is 0.00353. The van der Waals surface area contributed by atoms with Gasteiger partial charge in [0.15, 0.2) is 0 Å². The molecule has 230 valence electrons. The Morgan fingerprint density at radius 1 is 1.21 bits per heavy atom. The van der Waals surface area contributed by atoms with Crippen LogP contribution in [0, 0.1) is 6.92 Å². The summed E-state index contributed by atoms with van der Waals surface area (Å²) in [6, 6.07) is 5.94. The molecule has 42 heavy (non-hydrogen) atoms. The average molecular weight is 608 g/mol. The van der Waals surface area contributed by atoms with E-state index in [0.717, 1.165) is 22.9 Å². The Labute approximate surface area is 251 Å². The summed E-state index contributed by atoms with van der Waals surface area (Å²) in [4.78, 5) is 16.7. The minimum Gasteiger partial charge on any atom is -0.492 e. The van der Waals surface area contributed by atoms with Crippen molar-refractivity contribution in [2.75, 3.05) is 43.1 Å². The molecule has 0 aromatic heterocycles. The number of nitrogens with one attached hydrogen (secondary N) is 1. The van der Waals surface area contributed by atoms with Crippen LogP contribution in [0.15, 0.2) is 37.0 Å². The van der Waals surface area contributed by atoms with E-state index >= 15 is 0 Å². The van der Waals surface area contributed by atoms with E-state index in [0.29, 0.717) is 55.9 Å². The van der Waals surface area contributed by atoms with Gasteiger partial charge in [0.2, 0.25) is 5.91 Å². The lowest BCUT2D eigenvalue weighted by atomic mass is 9.73. The number of likely N-dealkylation sites (tertiary alicyclic amines) is 1. The van der Waals surface area contributed by atoms with E-state index < -0.39 is 23.2 Å². The highest BCUT2D eigenvalue weighted by atomic mass is 35.5. The number of halogens is 4. The van der Waals surface area contributed by atoms with Crippen LogP contribution < -0.4 is 15.0 Å². The van der Waals surface area contributed by atoms with Crippen LogP contribution in [0.5, 0.6) is 5.75 Å². The lowest BCUT2D eigenvalue weighted by Crippen LogP contribution is -2.47. The van der Waals surface area contributed by atoms with Gasteiger partial charge in [0.05, 0.1) is 29.3 Å². The Bertz CT molecular complexity index is 1300. The first-order valence-corrected chi connectivity index (χ1v) is 15.0. The van der Waals surface area contributed by atoms with Crippen molar-refractivity contribution in [3.63, 3.8) is 0 Å². The largest absolute Gasteiger partial charge is 0.492 e. The fourth-order valence-corrected chi connectivity index (χ4v) is 6.51. The molecule has 2 aliphatic rings. The predicted molar refractivity (Wildman–Crippen MR) is 162 cm³/mol. The Morgan fingerprint density at radius 3 is 2.48 bits per heavy atom. The van der Waals surface area contributed by atoms with Gasteiger partial charge in [-0.05, 0) is 98.8 Å². The molecule has 2 atom stereocenters. The van der Waals surface area contributed by atoms with E-state index in [1.54, 1.807) is 6.07 Å². The van der Waals surface area contributed by atoms with E-state index in [2.05, 4.69) is 16.8 Å². The maximum atomic E-state index is 14.5. The van der Waals surface area contributed by atoms with Crippen molar-refractivity contribution in [3.05, 3.63) is 64.3 Å². The number of carbonyl (C=O) groups is 1. The summed E-state index contributed by atoms with van der Waals surface area (Å²) in [6.07, 6.45) is -0.939. The van der Waals surface area contributed by atoms with Crippen molar-refractivity contribution >= 4 is 28.9 Å². The van der Waals surface area contributed by atoms with Crippen LogP contribution in [0.1, 0.15) is 74.6 Å². The highest BCUT2D eigenvalue weighted by Crippen LogP contribution is 2.48. The van der Waals surface area contributed by atoms with Crippen molar-refractivity contribution < 1.29 is 27.8 Å². The van der Waals surface area contributed by atoms with Crippen molar-refractivity contribution in [3.8, 4) is 5.75 Å². The fourth-order valence-electron chi connectivity index (χ4n) is 6.24. The molecular weight excluding hydrogens is 567 g/mol. The van der Waals surface area contributed by atoms with Crippen LogP contribution in [-0.4, -0.2) is 54.8 Å². The third-order valence-corrected chi connectivity index (χ3v) is 9.19. The first kappa shape index (κ1) is 32.2. The molecule has 0 radical (unpaired) electrons. The number of aliphatic hydroxyl groups excluding tert-OH is 1. The third-order valence-electron chi connectivity index (χ3n) is 8.97. The van der Waals surface area contributed by atoms with Gasteiger partial charge >= 0.3 is 6.18 Å². The number of aliphatic hydroxyl groups is 1. The molecule has 1 unspecified atom stereocenters. The minimum atomic E-state index is -4.63. The highest BCUT2D eigenvalue weighted by Gasteiger charge is 2.49. The van der Waals surface area contributed by atoms with Gasteiger partial charge in [-0.15, -0.1) is 0 Å². The van der Waals surface area contributed by atoms with Gasteiger partial charge in [-0.1, -0.05) is 39.0 Å². The number of nitrogens with zero attached hydrogens (tertiary/aromatic N) is 2. The molecule has 2 aromatic carbocycles. The number of fused-ring (bicyclic) bond motifs is 2. The number of ether oxygens (including phenoxy) is 1. The fraction of sp³-hybridized carbons (Fsp3) is 0.531. The van der Waals surface area contributed by atoms with Crippen LogP contribution in [0.3, 0.4) is 0 Å². The first-order valence-electron chi connectivity index (χ1n) is 14.6. The summed E-state index contributed by atoms with van der Waals surface area (Å²) in [5, 5.41) is 13.5. The molecule has 1 fully saturated rings. The van der Waals surface area contributed by atoms with Crippen molar-refractivity contribution in [2.24, 2.45) is 0 Å². The van der Waals surface area contributed by atoms with Crippen LogP contribution in [0.4, 0.5) is 24.5 Å². The van der Waals surface area contributed by atoms with Gasteiger partial charge < -0.3 is 20.1 Å². The molecular formula is C32H41ClF3N3O3. The van der Waals surface area contributed by atoms with E-state index in [-0.39, 0.29) is 36.5 Å². The Balaban J connectivity index is 1.51. The van der Waals surface area contributed by atoms with Gasteiger partial charge in [0, 0.05) is 17.3 Å². The lowest BCUT2D eigenvalue weighted by Gasteiger charge is -2.38. The normalized spacial score (nSPS) is 18.0. The number of benzene rings is 2. The molecule has 2 aromatic rings. The standard InChI is InChI=1S/C32H41ClF3N3O3/c1-6-20(4)25-17-24(18-27(32(34,35)36)29(25)39(8-3)23(7-2)19-40)42-14-13-38-11-9-31(10-12-38)26-16-22(33)15-21(5)28(26)37-30(31)41/h8,15-18,20,23,40H,3,6-7,9-14,19H2,1-2,4-5H3,(H,37,41)/t20-,23?/m1/s1. The number of alkyl halides is 3. The Morgan fingerprint density at radius 2 is 1.90 bits per heavy atom. The number of hydrogen-bond acceptors (Lipinski definition) is 5. The molecule has 0 bridgehead atoms. The summed E-state index contributed by atoms with van der Waals surface area (Å²) in [5.41, 5.74) is 1.85. The number of piperidine rings is 1. The predicted octanol–water partition coefficient (Wildman–Crippen LogP) is 7.27. The molecule has 0 saturated carbocycles. The smallest absolute Gasteiger partial charge is 0.418 e. The van der Waals surface area contributed by atoms with Crippen molar-refractivity contribution in [1.82, 2.24) is 4.90 Å². The average Bonchev–Trinajstić information content (AvgIpc) is 3.22. The zero-order valence-corrected chi connectivity index (χ0v) is 25.5. The summed E-state index contributed by atoms with van der Waals surface area (Å²) < 4.78 is 49.3. The van der Waals surface area contributed by atoms with E-state index in [1.165, 1.54) is 11.1 Å². The second-order valence-electron chi connectivity index (χ2n) is 11.4. The molecule has 1 saturated heterocycles. The van der Waals surface area contributed by atoms with Gasteiger partial charge in [-0.25, -0.2) is 0 Å². The van der Waals surface area contributed by atoms with Crippen LogP contribution in [-0.2, 0) is 16.4 Å². The van der Waals surface area contributed by atoms with Crippen molar-refractivity contribution in [1.29, 1.82) is 0 Å². The van der Waals surface area contributed by atoms with Crippen LogP contribution in [0.2, 0.25) is 5.02 Å². The van der Waals surface area contributed by atoms with Crippen LogP contribution >= 0.6 is 11.6 Å². The molecule has 2 heterocycles. The maximum absolute atomic E-state index is 14.5.